The number of anilines is 1. The van der Waals surface area contributed by atoms with E-state index in [1.165, 1.54) is 7.11 Å². The molecule has 0 aliphatic rings. The summed E-state index contributed by atoms with van der Waals surface area (Å²) in [7, 11) is -2.27. The molecule has 0 spiro atoms. The van der Waals surface area contributed by atoms with Crippen LogP contribution in [0.2, 0.25) is 0 Å². The number of ether oxygens (including phenoxy) is 1. The fourth-order valence-electron chi connectivity index (χ4n) is 2.45. The minimum Gasteiger partial charge on any atom is -0.495 e. The van der Waals surface area contributed by atoms with E-state index in [-0.39, 0.29) is 4.90 Å². The average molecular weight is 330 g/mol. The lowest BCUT2D eigenvalue weighted by Gasteiger charge is -2.14. The van der Waals surface area contributed by atoms with Gasteiger partial charge < -0.3 is 9.72 Å². The molecule has 0 aliphatic carbocycles. The molecule has 0 bridgehead atoms. The van der Waals surface area contributed by atoms with Crippen molar-refractivity contribution in [3.8, 4) is 5.75 Å². The lowest BCUT2D eigenvalue weighted by Crippen LogP contribution is -2.14. The number of benzene rings is 2. The molecule has 2 N–H and O–H groups in total. The molecule has 0 unspecified atom stereocenters. The van der Waals surface area contributed by atoms with Gasteiger partial charge in [-0.2, -0.15) is 0 Å². The van der Waals surface area contributed by atoms with Gasteiger partial charge in [0.2, 0.25) is 0 Å². The fraction of sp³-hybridized carbons (Fsp3) is 0.176. The van der Waals surface area contributed by atoms with Crippen LogP contribution >= 0.6 is 0 Å². The van der Waals surface area contributed by atoms with E-state index < -0.39 is 10.0 Å². The Morgan fingerprint density at radius 1 is 1.04 bits per heavy atom. The molecule has 0 aliphatic heterocycles. The maximum atomic E-state index is 12.7. The maximum Gasteiger partial charge on any atom is 0.265 e. The number of aryl methyl sites for hydroxylation is 2. The van der Waals surface area contributed by atoms with Gasteiger partial charge in [0.15, 0.2) is 0 Å². The molecule has 6 heteroatoms. The summed E-state index contributed by atoms with van der Waals surface area (Å²) in [4.78, 5) is 3.20. The van der Waals surface area contributed by atoms with Crippen molar-refractivity contribution in [3.05, 3.63) is 53.7 Å². The quantitative estimate of drug-likeness (QED) is 0.768. The molecule has 0 amide bonds. The maximum absolute atomic E-state index is 12.7. The number of aromatic amines is 1. The molecular formula is C17H18N2O3S. The molecule has 0 saturated heterocycles. The van der Waals surface area contributed by atoms with Gasteiger partial charge >= 0.3 is 0 Å². The molecule has 0 saturated carbocycles. The highest BCUT2D eigenvalue weighted by Crippen LogP contribution is 2.29. The lowest BCUT2D eigenvalue weighted by atomic mass is 10.1. The number of sulfonamides is 1. The van der Waals surface area contributed by atoms with Crippen LogP contribution in [-0.4, -0.2) is 20.5 Å². The summed E-state index contributed by atoms with van der Waals surface area (Å²) < 4.78 is 33.3. The number of H-pyrrole nitrogens is 1. The smallest absolute Gasteiger partial charge is 0.265 e. The van der Waals surface area contributed by atoms with Crippen molar-refractivity contribution in [2.24, 2.45) is 0 Å². The van der Waals surface area contributed by atoms with Crippen molar-refractivity contribution in [1.82, 2.24) is 4.98 Å². The minimum atomic E-state index is -3.74. The summed E-state index contributed by atoms with van der Waals surface area (Å²) in [5, 5.41) is 1.02. The first-order valence-electron chi connectivity index (χ1n) is 7.16. The van der Waals surface area contributed by atoms with Gasteiger partial charge in [0.05, 0.1) is 12.8 Å². The van der Waals surface area contributed by atoms with E-state index >= 15 is 0 Å². The Balaban J connectivity index is 2.02. The summed E-state index contributed by atoms with van der Waals surface area (Å²) >= 11 is 0. The van der Waals surface area contributed by atoms with Crippen LogP contribution in [0.25, 0.3) is 10.9 Å². The topological polar surface area (TPSA) is 71.2 Å². The number of aromatic nitrogens is 1. The van der Waals surface area contributed by atoms with Gasteiger partial charge in [-0.05, 0) is 60.7 Å². The van der Waals surface area contributed by atoms with E-state index in [0.717, 1.165) is 22.0 Å². The Bertz CT molecular complexity index is 975. The van der Waals surface area contributed by atoms with Gasteiger partial charge in [-0.1, -0.05) is 6.07 Å². The third-order valence-corrected chi connectivity index (χ3v) is 5.28. The average Bonchev–Trinajstić information content (AvgIpc) is 2.96. The Morgan fingerprint density at radius 2 is 1.78 bits per heavy atom. The summed E-state index contributed by atoms with van der Waals surface area (Å²) in [6.07, 6.45) is 1.81. The molecule has 1 aromatic heterocycles. The van der Waals surface area contributed by atoms with Crippen molar-refractivity contribution in [3.63, 3.8) is 0 Å². The first kappa shape index (κ1) is 15.4. The van der Waals surface area contributed by atoms with Crippen LogP contribution in [0.1, 0.15) is 11.1 Å². The highest BCUT2D eigenvalue weighted by molar-refractivity contribution is 7.92. The highest BCUT2D eigenvalue weighted by Gasteiger charge is 2.21. The lowest BCUT2D eigenvalue weighted by molar-refractivity contribution is 0.402. The largest absolute Gasteiger partial charge is 0.495 e. The SMILES string of the molecule is COc1cc(C)c(C)cc1S(=O)(=O)Nc1ccc2cc[nH]c2c1. The first-order chi connectivity index (χ1) is 10.9. The van der Waals surface area contributed by atoms with Crippen molar-refractivity contribution in [1.29, 1.82) is 0 Å². The molecule has 2 aromatic carbocycles. The van der Waals surface area contributed by atoms with Crippen molar-refractivity contribution < 1.29 is 13.2 Å². The molecule has 5 nitrogen and oxygen atoms in total. The van der Waals surface area contributed by atoms with Gasteiger partial charge in [-0.15, -0.1) is 0 Å². The van der Waals surface area contributed by atoms with Gasteiger partial charge in [0.1, 0.15) is 10.6 Å². The molecule has 0 radical (unpaired) electrons. The molecule has 1 heterocycles. The van der Waals surface area contributed by atoms with Crippen LogP contribution < -0.4 is 9.46 Å². The number of fused-ring (bicyclic) bond motifs is 1. The van der Waals surface area contributed by atoms with Gasteiger partial charge in [0, 0.05) is 11.7 Å². The minimum absolute atomic E-state index is 0.134. The summed E-state index contributed by atoms with van der Waals surface area (Å²) in [5.41, 5.74) is 3.25. The van der Waals surface area contributed by atoms with Crippen LogP contribution in [0.4, 0.5) is 5.69 Å². The van der Waals surface area contributed by atoms with Crippen molar-refractivity contribution >= 4 is 26.6 Å². The Kier molecular flexibility index (Phi) is 3.77. The second-order valence-electron chi connectivity index (χ2n) is 5.47. The Labute approximate surface area is 135 Å². The van der Waals surface area contributed by atoms with Crippen LogP contribution in [-0.2, 0) is 10.0 Å². The third kappa shape index (κ3) is 2.90. The number of nitrogens with one attached hydrogen (secondary N) is 2. The van der Waals surface area contributed by atoms with E-state index in [9.17, 15) is 8.42 Å². The normalized spacial score (nSPS) is 11.6. The van der Waals surface area contributed by atoms with Crippen molar-refractivity contribution in [2.45, 2.75) is 18.7 Å². The summed E-state index contributed by atoms with van der Waals surface area (Å²) in [6.45, 7) is 3.79. The van der Waals surface area contributed by atoms with Crippen LogP contribution in [0.5, 0.6) is 5.75 Å². The zero-order valence-corrected chi connectivity index (χ0v) is 14.0. The first-order valence-corrected chi connectivity index (χ1v) is 8.64. The number of hydrogen-bond donors (Lipinski definition) is 2. The van der Waals surface area contributed by atoms with Crippen LogP contribution in [0.3, 0.4) is 0 Å². The molecule has 3 rings (SSSR count). The number of methoxy groups -OCH3 is 1. The predicted octanol–water partition coefficient (Wildman–Crippen LogP) is 3.59. The van der Waals surface area contributed by atoms with Gasteiger partial charge in [0.25, 0.3) is 10.0 Å². The highest BCUT2D eigenvalue weighted by atomic mass is 32.2. The Hall–Kier alpha value is -2.47. The van der Waals surface area contributed by atoms with Gasteiger partial charge in [-0.25, -0.2) is 8.42 Å². The van der Waals surface area contributed by atoms with Crippen LogP contribution in [0.15, 0.2) is 47.5 Å². The van der Waals surface area contributed by atoms with E-state index in [1.807, 2.05) is 32.2 Å². The molecule has 23 heavy (non-hydrogen) atoms. The standard InChI is InChI=1S/C17H18N2O3S/c1-11-8-16(22-3)17(9-12(11)2)23(20,21)19-14-5-4-13-6-7-18-15(13)10-14/h4-10,18-19H,1-3H3. The number of hydrogen-bond acceptors (Lipinski definition) is 3. The molecule has 120 valence electrons. The Morgan fingerprint density at radius 3 is 2.52 bits per heavy atom. The summed E-state index contributed by atoms with van der Waals surface area (Å²) in [5.74, 6) is 0.335. The monoisotopic (exact) mass is 330 g/mol. The molecule has 0 atom stereocenters. The second-order valence-corrected chi connectivity index (χ2v) is 7.12. The predicted molar refractivity (Wildman–Crippen MR) is 91.6 cm³/mol. The van der Waals surface area contributed by atoms with E-state index in [2.05, 4.69) is 9.71 Å². The zero-order chi connectivity index (χ0) is 16.6. The molecule has 3 aromatic rings. The number of rotatable bonds is 4. The van der Waals surface area contributed by atoms with Gasteiger partial charge in [-0.3, -0.25) is 4.72 Å². The van der Waals surface area contributed by atoms with Crippen molar-refractivity contribution in [2.75, 3.05) is 11.8 Å². The third-order valence-electron chi connectivity index (χ3n) is 3.88. The molecule has 0 fully saturated rings. The summed E-state index contributed by atoms with van der Waals surface area (Å²) in [6, 6.07) is 10.7. The van der Waals surface area contributed by atoms with Crippen LogP contribution in [0, 0.1) is 13.8 Å². The fourth-order valence-corrected chi connectivity index (χ4v) is 3.74. The second kappa shape index (κ2) is 5.62. The van der Waals surface area contributed by atoms with E-state index in [0.29, 0.717) is 11.4 Å². The zero-order valence-electron chi connectivity index (χ0n) is 13.2. The van der Waals surface area contributed by atoms with E-state index in [1.54, 1.807) is 24.3 Å². The van der Waals surface area contributed by atoms with E-state index in [4.69, 9.17) is 4.74 Å². The molecular weight excluding hydrogens is 312 g/mol.